The average molecular weight is 559 g/mol. The molecule has 210 valence electrons. The molecule has 1 saturated heterocycles. The lowest BCUT2D eigenvalue weighted by Crippen LogP contribution is -2.42. The topological polar surface area (TPSA) is 99.2 Å². The van der Waals surface area contributed by atoms with E-state index < -0.39 is 0 Å². The predicted molar refractivity (Wildman–Crippen MR) is 167 cm³/mol. The van der Waals surface area contributed by atoms with Gasteiger partial charge < -0.3 is 20.4 Å². The largest absolute Gasteiger partial charge is 0.369 e. The summed E-state index contributed by atoms with van der Waals surface area (Å²) in [7, 11) is 5.96. The number of nitrogens with one attached hydrogen (secondary N) is 2. The monoisotopic (exact) mass is 558 g/mol. The predicted octanol–water partition coefficient (Wildman–Crippen LogP) is 4.31. The summed E-state index contributed by atoms with van der Waals surface area (Å²) in [5.41, 5.74) is 4.32. The zero-order valence-electron chi connectivity index (χ0n) is 23.6. The molecule has 4 heterocycles. The second-order valence-corrected chi connectivity index (χ2v) is 10.3. The average Bonchev–Trinajstić information content (AvgIpc) is 2.99. The van der Waals surface area contributed by atoms with Gasteiger partial charge in [0.1, 0.15) is 18.0 Å². The van der Waals surface area contributed by atoms with Crippen molar-refractivity contribution in [3.63, 3.8) is 0 Å². The number of fused-ring (bicyclic) bond motifs is 1. The van der Waals surface area contributed by atoms with Crippen LogP contribution in [0.1, 0.15) is 41.6 Å². The van der Waals surface area contributed by atoms with Crippen LogP contribution in [0.15, 0.2) is 61.2 Å². The number of likely N-dealkylation sites (tertiary alicyclic amines) is 1. The van der Waals surface area contributed by atoms with Crippen molar-refractivity contribution in [3.8, 4) is 11.3 Å². The van der Waals surface area contributed by atoms with Crippen LogP contribution in [0.2, 0.25) is 0 Å². The van der Waals surface area contributed by atoms with Crippen LogP contribution < -0.4 is 15.5 Å². The van der Waals surface area contributed by atoms with Crippen molar-refractivity contribution in [1.29, 1.82) is 0 Å². The smallest absolute Gasteiger partial charge is 0.251 e. The highest BCUT2D eigenvalue weighted by molar-refractivity contribution is 7.59. The van der Waals surface area contributed by atoms with E-state index in [1.807, 2.05) is 24.4 Å². The van der Waals surface area contributed by atoms with Crippen LogP contribution in [-0.2, 0) is 0 Å². The number of benzene rings is 1. The number of carbonyl (C=O) groups excluding carboxylic acids is 1. The van der Waals surface area contributed by atoms with Crippen LogP contribution in [0.5, 0.6) is 0 Å². The van der Waals surface area contributed by atoms with Crippen LogP contribution in [-0.4, -0.2) is 77.6 Å². The van der Waals surface area contributed by atoms with E-state index >= 15 is 0 Å². The number of amides is 1. The van der Waals surface area contributed by atoms with Crippen LogP contribution in [0.25, 0.3) is 22.2 Å². The SMILES string of the molecule is CNC(=O)c1ccnc2c([C@H](C)CNc3cc(-c4ccc(N(C)C5CCN(C)CC5)nc4)ncn3)cccc12.S. The number of aromatic nitrogens is 4. The summed E-state index contributed by atoms with van der Waals surface area (Å²) >= 11 is 0. The minimum atomic E-state index is -0.116. The van der Waals surface area contributed by atoms with E-state index in [0.717, 1.165) is 65.3 Å². The van der Waals surface area contributed by atoms with E-state index in [1.54, 1.807) is 25.6 Å². The van der Waals surface area contributed by atoms with Gasteiger partial charge in [0.25, 0.3) is 5.91 Å². The summed E-state index contributed by atoms with van der Waals surface area (Å²) < 4.78 is 0. The zero-order valence-corrected chi connectivity index (χ0v) is 24.6. The zero-order chi connectivity index (χ0) is 27.4. The van der Waals surface area contributed by atoms with Crippen molar-refractivity contribution in [1.82, 2.24) is 30.2 Å². The molecule has 5 rings (SSSR count). The van der Waals surface area contributed by atoms with Crippen molar-refractivity contribution in [3.05, 3.63) is 72.3 Å². The highest BCUT2D eigenvalue weighted by Gasteiger charge is 2.21. The lowest BCUT2D eigenvalue weighted by molar-refractivity contribution is 0.0964. The molecule has 2 N–H and O–H groups in total. The number of hydrogen-bond acceptors (Lipinski definition) is 8. The number of rotatable bonds is 8. The number of carbonyl (C=O) groups is 1. The van der Waals surface area contributed by atoms with E-state index in [4.69, 9.17) is 4.98 Å². The highest BCUT2D eigenvalue weighted by atomic mass is 32.1. The van der Waals surface area contributed by atoms with Gasteiger partial charge in [-0.1, -0.05) is 25.1 Å². The van der Waals surface area contributed by atoms with Crippen molar-refractivity contribution in [2.45, 2.75) is 31.7 Å². The van der Waals surface area contributed by atoms with Crippen LogP contribution in [0.3, 0.4) is 0 Å². The maximum atomic E-state index is 12.3. The summed E-state index contributed by atoms with van der Waals surface area (Å²) in [6.07, 6.45) is 7.47. The van der Waals surface area contributed by atoms with Gasteiger partial charge in [0.05, 0.1) is 16.8 Å². The molecule has 10 heteroatoms. The number of pyridine rings is 2. The van der Waals surface area contributed by atoms with Gasteiger partial charge in [-0.25, -0.2) is 15.0 Å². The summed E-state index contributed by atoms with van der Waals surface area (Å²) in [6, 6.07) is 14.4. The Hall–Kier alpha value is -3.76. The molecule has 1 aliphatic rings. The van der Waals surface area contributed by atoms with Gasteiger partial charge in [0.15, 0.2) is 0 Å². The third-order valence-corrected chi connectivity index (χ3v) is 7.70. The molecule has 1 amide bonds. The Morgan fingerprint density at radius 1 is 1.10 bits per heavy atom. The van der Waals surface area contributed by atoms with Gasteiger partial charge in [0.2, 0.25) is 0 Å². The molecule has 4 aromatic rings. The standard InChI is InChI=1S/C30H36N8O.H2S/c1-20(23-6-5-7-24-25(30(39)31-2)10-13-32-29(23)24)17-33-27-16-26(35-19-36-27)21-8-9-28(34-18-21)38(4)22-11-14-37(3)15-12-22;/h5-10,13,16,18-20,22H,11-12,14-15,17H2,1-4H3,(H,31,39)(H,33,35,36);1H2/t20-;/m1./s1. The number of anilines is 2. The second-order valence-electron chi connectivity index (χ2n) is 10.3. The Morgan fingerprint density at radius 2 is 1.90 bits per heavy atom. The lowest BCUT2D eigenvalue weighted by Gasteiger charge is -2.35. The third kappa shape index (κ3) is 6.34. The first-order valence-electron chi connectivity index (χ1n) is 13.5. The Bertz CT molecular complexity index is 1440. The van der Waals surface area contributed by atoms with Gasteiger partial charge in [0, 0.05) is 62.0 Å². The molecule has 0 radical (unpaired) electrons. The molecule has 3 aromatic heterocycles. The van der Waals surface area contributed by atoms with Crippen molar-refractivity contribution in [2.75, 3.05) is 51.0 Å². The Morgan fingerprint density at radius 3 is 2.62 bits per heavy atom. The third-order valence-electron chi connectivity index (χ3n) is 7.70. The molecule has 0 unspecified atom stereocenters. The van der Waals surface area contributed by atoms with Crippen molar-refractivity contribution >= 4 is 41.9 Å². The fraction of sp³-hybridized carbons (Fsp3) is 0.367. The van der Waals surface area contributed by atoms with Crippen LogP contribution in [0, 0.1) is 0 Å². The second kappa shape index (κ2) is 13.1. The van der Waals surface area contributed by atoms with E-state index in [0.29, 0.717) is 18.2 Å². The molecule has 1 fully saturated rings. The lowest BCUT2D eigenvalue weighted by atomic mass is 9.96. The number of hydrogen-bond donors (Lipinski definition) is 2. The molecule has 1 aromatic carbocycles. The van der Waals surface area contributed by atoms with E-state index in [9.17, 15) is 4.79 Å². The first kappa shape index (κ1) is 29.2. The first-order chi connectivity index (χ1) is 18.9. The fourth-order valence-electron chi connectivity index (χ4n) is 5.22. The molecule has 0 aliphatic carbocycles. The number of piperidine rings is 1. The summed E-state index contributed by atoms with van der Waals surface area (Å²) in [4.78, 5) is 35.3. The Labute approximate surface area is 242 Å². The summed E-state index contributed by atoms with van der Waals surface area (Å²) in [5, 5.41) is 7.01. The number of para-hydroxylation sites is 1. The van der Waals surface area contributed by atoms with Crippen molar-refractivity contribution in [2.24, 2.45) is 0 Å². The molecule has 1 atom stereocenters. The normalized spacial score (nSPS) is 14.8. The molecule has 0 saturated carbocycles. The van der Waals surface area contributed by atoms with Gasteiger partial charge in [-0.2, -0.15) is 13.5 Å². The minimum Gasteiger partial charge on any atom is -0.369 e. The van der Waals surface area contributed by atoms with Crippen molar-refractivity contribution < 1.29 is 4.79 Å². The Kier molecular flexibility index (Phi) is 9.54. The molecule has 1 aliphatic heterocycles. The van der Waals surface area contributed by atoms with Gasteiger partial charge in [-0.3, -0.25) is 9.78 Å². The van der Waals surface area contributed by atoms with Crippen LogP contribution in [0.4, 0.5) is 11.6 Å². The molecule has 0 bridgehead atoms. The first-order valence-corrected chi connectivity index (χ1v) is 13.5. The van der Waals surface area contributed by atoms with Gasteiger partial charge in [-0.15, -0.1) is 0 Å². The molecule has 0 spiro atoms. The number of nitrogens with zero attached hydrogens (tertiary/aromatic N) is 6. The highest BCUT2D eigenvalue weighted by Crippen LogP contribution is 2.27. The summed E-state index contributed by atoms with van der Waals surface area (Å²) in [6.45, 7) is 5.04. The van der Waals surface area contributed by atoms with E-state index in [-0.39, 0.29) is 25.3 Å². The van der Waals surface area contributed by atoms with Crippen LogP contribution >= 0.6 is 13.5 Å². The quantitative estimate of drug-likeness (QED) is 0.330. The van der Waals surface area contributed by atoms with Gasteiger partial charge >= 0.3 is 0 Å². The van der Waals surface area contributed by atoms with Gasteiger partial charge in [-0.05, 0) is 56.7 Å². The van der Waals surface area contributed by atoms with E-state index in [2.05, 4.69) is 74.6 Å². The summed E-state index contributed by atoms with van der Waals surface area (Å²) in [5.74, 6) is 1.75. The molecular weight excluding hydrogens is 520 g/mol. The Balaban J connectivity index is 0.00000370. The molecule has 9 nitrogen and oxygen atoms in total. The fourth-order valence-corrected chi connectivity index (χ4v) is 5.22. The minimum absolute atomic E-state index is 0. The van der Waals surface area contributed by atoms with E-state index in [1.165, 1.54) is 0 Å². The molecule has 40 heavy (non-hydrogen) atoms. The maximum absolute atomic E-state index is 12.3. The molecular formula is C30H38N8OS. The maximum Gasteiger partial charge on any atom is 0.251 e.